The van der Waals surface area contributed by atoms with Crippen LogP contribution >= 0.6 is 15.2 Å². The van der Waals surface area contributed by atoms with Crippen LogP contribution in [0.25, 0.3) is 0 Å². The van der Waals surface area contributed by atoms with Crippen LogP contribution in [0.1, 0.15) is 0 Å². The molecule has 0 aromatic carbocycles. The second kappa shape index (κ2) is 6.64. The number of hydrogen-bond donors (Lipinski definition) is 6. The summed E-state index contributed by atoms with van der Waals surface area (Å²) in [4.78, 5) is 31.8. The molecule has 0 unspecified atom stereocenters. The maximum Gasteiger partial charge on any atom is 0.339 e. The van der Waals surface area contributed by atoms with Gasteiger partial charge in [-0.05, 0) is 7.05 Å². The molecule has 0 aromatic heterocycles. The molecule has 0 bridgehead atoms. The smallest absolute Gasteiger partial charge is 0.324 e. The fraction of sp³-hybridized carbons (Fsp3) is 1.00. The highest BCUT2D eigenvalue weighted by Gasteiger charge is 2.08. The largest absolute Gasteiger partial charge is 0.339 e. The van der Waals surface area contributed by atoms with E-state index in [4.69, 9.17) is 19.6 Å². The Kier molecular flexibility index (Phi) is 8.01. The van der Waals surface area contributed by atoms with Gasteiger partial charge in [0.15, 0.2) is 0 Å². The molecule has 0 aliphatic carbocycles. The zero-order valence-electron chi connectivity index (χ0n) is 6.99. The summed E-state index contributed by atoms with van der Waals surface area (Å²) in [6.45, 7) is 0. The summed E-state index contributed by atoms with van der Waals surface area (Å²) >= 11 is 0. The molecule has 0 atom stereocenters. The van der Waals surface area contributed by atoms with E-state index in [2.05, 4.69) is 11.1 Å². The van der Waals surface area contributed by atoms with Crippen molar-refractivity contribution < 1.29 is 28.7 Å². The van der Waals surface area contributed by atoms with Gasteiger partial charge in [-0.2, -0.15) is 0 Å². The number of hydrogen-bond acceptors (Lipinski definition) is 4. The Labute approximate surface area is 75.5 Å². The van der Waals surface area contributed by atoms with Gasteiger partial charge in [0.25, 0.3) is 0 Å². The van der Waals surface area contributed by atoms with E-state index in [1.54, 1.807) is 0 Å². The van der Waals surface area contributed by atoms with Gasteiger partial charge in [-0.15, -0.1) is 0 Å². The minimum atomic E-state index is -3.87. The highest BCUT2D eigenvalue weighted by Crippen LogP contribution is 2.31. The van der Waals surface area contributed by atoms with Crippen LogP contribution in [0.4, 0.5) is 0 Å². The zero-order chi connectivity index (χ0) is 11.1. The average molecular weight is 236 g/mol. The van der Waals surface area contributed by atoms with E-state index in [-0.39, 0.29) is 6.29 Å². The van der Waals surface area contributed by atoms with E-state index in [1.165, 1.54) is 7.05 Å². The van der Waals surface area contributed by atoms with Gasteiger partial charge >= 0.3 is 15.2 Å². The average Bonchev–Trinajstić information content (AvgIpc) is 1.84. The molecular weight excluding hydrogens is 222 g/mol. The number of rotatable bonds is 3. The first-order valence-corrected chi connectivity index (χ1v) is 6.65. The first-order chi connectivity index (χ1) is 5.62. The predicted molar refractivity (Wildman–Crippen MR) is 47.1 cm³/mol. The first-order valence-electron chi connectivity index (χ1n) is 3.06. The third-order valence-electron chi connectivity index (χ3n) is 0.602. The molecule has 10 heteroatoms. The van der Waals surface area contributed by atoms with Crippen molar-refractivity contribution in [2.24, 2.45) is 5.73 Å². The third kappa shape index (κ3) is 24.5. The topological polar surface area (TPSA) is 153 Å². The Morgan fingerprint density at radius 2 is 1.46 bits per heavy atom. The summed E-state index contributed by atoms with van der Waals surface area (Å²) in [6, 6.07) is 0. The van der Waals surface area contributed by atoms with Crippen molar-refractivity contribution in [1.82, 2.24) is 5.32 Å². The molecule has 0 radical (unpaired) electrons. The van der Waals surface area contributed by atoms with Gasteiger partial charge in [0.05, 0.1) is 12.6 Å². The van der Waals surface area contributed by atoms with E-state index < -0.39 is 21.5 Å². The third-order valence-corrected chi connectivity index (χ3v) is 1.81. The van der Waals surface area contributed by atoms with Gasteiger partial charge in [-0.1, -0.05) is 0 Å². The molecule has 82 valence electrons. The molecule has 0 fully saturated rings. The lowest BCUT2D eigenvalue weighted by Gasteiger charge is -1.98. The molecule has 0 spiro atoms. The van der Waals surface area contributed by atoms with Crippen molar-refractivity contribution in [3.05, 3.63) is 0 Å². The highest BCUT2D eigenvalue weighted by molar-refractivity contribution is 7.51. The standard InChI is InChI=1S/C2H8NO3P.CH6NO3P/c1-3-2-7(4,5)6;2-1-6(3,4)5/h3H,2H2,1H3,(H2,4,5,6);1-2H2,(H2,3,4,5). The maximum atomic E-state index is 9.86. The molecular formula is C3H14N2O6P2. The van der Waals surface area contributed by atoms with Crippen molar-refractivity contribution in [1.29, 1.82) is 0 Å². The second-order valence-corrected chi connectivity index (χ2v) is 5.36. The van der Waals surface area contributed by atoms with E-state index in [1.807, 2.05) is 0 Å². The molecule has 0 amide bonds. The number of nitrogens with two attached hydrogens (primary N) is 1. The first kappa shape index (κ1) is 15.7. The van der Waals surface area contributed by atoms with Crippen LogP contribution in [0.15, 0.2) is 0 Å². The van der Waals surface area contributed by atoms with Crippen molar-refractivity contribution >= 4 is 15.2 Å². The van der Waals surface area contributed by atoms with Crippen molar-refractivity contribution in [3.63, 3.8) is 0 Å². The molecule has 0 aromatic rings. The zero-order valence-corrected chi connectivity index (χ0v) is 8.78. The quantitative estimate of drug-likeness (QED) is 0.321. The lowest BCUT2D eigenvalue weighted by molar-refractivity contribution is 0.369. The molecule has 7 N–H and O–H groups in total. The Morgan fingerprint density at radius 1 is 1.15 bits per heavy atom. The van der Waals surface area contributed by atoms with Gasteiger partial charge in [0.2, 0.25) is 0 Å². The van der Waals surface area contributed by atoms with Crippen molar-refractivity contribution in [3.8, 4) is 0 Å². The van der Waals surface area contributed by atoms with Crippen LogP contribution in [-0.4, -0.2) is 39.2 Å². The molecule has 8 nitrogen and oxygen atoms in total. The fourth-order valence-corrected chi connectivity index (χ4v) is 0.618. The van der Waals surface area contributed by atoms with Crippen LogP contribution in [-0.2, 0) is 9.13 Å². The summed E-state index contributed by atoms with van der Waals surface area (Å²) < 4.78 is 19.4. The minimum absolute atomic E-state index is 0.243. The van der Waals surface area contributed by atoms with Crippen LogP contribution in [0.5, 0.6) is 0 Å². The normalized spacial score (nSPS) is 11.8. The number of nitrogens with one attached hydrogen (secondary N) is 1. The molecule has 0 saturated carbocycles. The lowest BCUT2D eigenvalue weighted by atomic mass is 11.3. The van der Waals surface area contributed by atoms with Crippen molar-refractivity contribution in [2.45, 2.75) is 0 Å². The van der Waals surface area contributed by atoms with Gasteiger partial charge in [-0.25, -0.2) is 0 Å². The molecule has 0 aliphatic heterocycles. The predicted octanol–water partition coefficient (Wildman–Crippen LogP) is -1.58. The Balaban J connectivity index is 0. The summed E-state index contributed by atoms with van der Waals surface area (Å²) in [5, 5.41) is 2.34. The second-order valence-electron chi connectivity index (χ2n) is 2.02. The highest BCUT2D eigenvalue weighted by atomic mass is 31.2. The summed E-state index contributed by atoms with van der Waals surface area (Å²) in [5.74, 6) is 0. The van der Waals surface area contributed by atoms with Crippen LogP contribution in [0.3, 0.4) is 0 Å². The minimum Gasteiger partial charge on any atom is -0.324 e. The summed E-state index contributed by atoms with van der Waals surface area (Å²) in [7, 11) is -6.16. The SMILES string of the molecule is CNCP(=O)(O)O.NCP(=O)(O)O. The van der Waals surface area contributed by atoms with Crippen LogP contribution in [0, 0.1) is 0 Å². The van der Waals surface area contributed by atoms with Crippen LogP contribution < -0.4 is 11.1 Å². The summed E-state index contributed by atoms with van der Waals surface area (Å²) in [5.41, 5.74) is 4.54. The fourth-order valence-electron chi connectivity index (χ4n) is 0.206. The van der Waals surface area contributed by atoms with Crippen molar-refractivity contribution in [2.75, 3.05) is 19.6 Å². The Morgan fingerprint density at radius 3 is 1.46 bits per heavy atom. The molecule has 13 heavy (non-hydrogen) atoms. The molecule has 0 aliphatic rings. The monoisotopic (exact) mass is 236 g/mol. The lowest BCUT2D eigenvalue weighted by Crippen LogP contribution is -2.07. The van der Waals surface area contributed by atoms with E-state index in [0.717, 1.165) is 0 Å². The Bertz CT molecular complexity index is 208. The Hall–Kier alpha value is 0.220. The maximum absolute atomic E-state index is 9.86. The summed E-state index contributed by atoms with van der Waals surface area (Å²) in [6.07, 6.45) is -0.806. The molecule has 0 saturated heterocycles. The van der Waals surface area contributed by atoms with Crippen LogP contribution in [0.2, 0.25) is 0 Å². The molecule has 0 rings (SSSR count). The van der Waals surface area contributed by atoms with Gasteiger partial charge < -0.3 is 30.6 Å². The van der Waals surface area contributed by atoms with E-state index in [9.17, 15) is 9.13 Å². The molecule has 0 heterocycles. The van der Waals surface area contributed by atoms with E-state index in [0.29, 0.717) is 0 Å². The van der Waals surface area contributed by atoms with Gasteiger partial charge in [-0.3, -0.25) is 9.13 Å². The van der Waals surface area contributed by atoms with Gasteiger partial charge in [0.1, 0.15) is 0 Å². The van der Waals surface area contributed by atoms with E-state index >= 15 is 0 Å². The van der Waals surface area contributed by atoms with Gasteiger partial charge in [0, 0.05) is 0 Å².